The molecule has 0 spiro atoms. The Kier molecular flexibility index (Phi) is 13.0. The van der Waals surface area contributed by atoms with Crippen molar-refractivity contribution in [2.75, 3.05) is 38.0 Å². The second-order valence-corrected chi connectivity index (χ2v) is 15.7. The molecule has 3 aliphatic rings. The molecule has 0 aromatic heterocycles. The van der Waals surface area contributed by atoms with E-state index in [1.54, 1.807) is 0 Å². The lowest BCUT2D eigenvalue weighted by Gasteiger charge is -2.48. The molecule has 8 atom stereocenters. The van der Waals surface area contributed by atoms with Crippen molar-refractivity contribution in [2.24, 2.45) is 23.5 Å². The number of β-amino-alcohol motifs (C(OH)–C–C–N with tert-alkyl or cyclic N) is 1. The summed E-state index contributed by atoms with van der Waals surface area (Å²) in [6.45, 7) is 10.9. The molecule has 46 heavy (non-hydrogen) atoms. The largest absolute Gasteiger partial charge is 0.391 e. The predicted molar refractivity (Wildman–Crippen MR) is 191 cm³/mol. The summed E-state index contributed by atoms with van der Waals surface area (Å²) in [5, 5.41) is 34.0. The van der Waals surface area contributed by atoms with Crippen LogP contribution in [0.25, 0.3) is 0 Å². The van der Waals surface area contributed by atoms with Gasteiger partial charge in [-0.2, -0.15) is 0 Å². The molecule has 8 unspecified atom stereocenters. The third-order valence-corrected chi connectivity index (χ3v) is 11.1. The highest BCUT2D eigenvalue weighted by Crippen LogP contribution is 2.39. The standard InChI is InChI=1S/C39H63N5O2/c1-39(2,3)42-24-34-22-29-13-7-8-15-32(29)26-44(34)27-38(46)31(21-28-11-5-4-6-12-28)17-18-33(19-20-40)41-25-36-37(45)23-30-14-9-10-16-35(30)43-36/h4-6,9-12,14,16,29,31-34,36-38,41-43,45-46H,7-8,13,15,17-27,40H2,1-3H3. The first-order valence-electron chi connectivity index (χ1n) is 18.4. The van der Waals surface area contributed by atoms with Gasteiger partial charge in [0.05, 0.1) is 18.2 Å². The van der Waals surface area contributed by atoms with Crippen LogP contribution in [-0.4, -0.2) is 83.7 Å². The number of hydrogen-bond donors (Lipinski definition) is 6. The van der Waals surface area contributed by atoms with Crippen LogP contribution in [0.2, 0.25) is 0 Å². The molecule has 5 rings (SSSR count). The molecule has 256 valence electrons. The summed E-state index contributed by atoms with van der Waals surface area (Å²) >= 11 is 0. The van der Waals surface area contributed by atoms with Crippen LogP contribution in [0.4, 0.5) is 5.69 Å². The van der Waals surface area contributed by atoms with Gasteiger partial charge in [-0.15, -0.1) is 0 Å². The second-order valence-electron chi connectivity index (χ2n) is 15.7. The number of hydrogen-bond acceptors (Lipinski definition) is 7. The number of fused-ring (bicyclic) bond motifs is 2. The number of piperidine rings is 1. The van der Waals surface area contributed by atoms with Gasteiger partial charge in [0.1, 0.15) is 0 Å². The van der Waals surface area contributed by atoms with Crippen LogP contribution in [0.15, 0.2) is 54.6 Å². The maximum absolute atomic E-state index is 12.0. The molecule has 0 radical (unpaired) electrons. The number of para-hydroxylation sites is 1. The van der Waals surface area contributed by atoms with Crippen LogP contribution in [0, 0.1) is 17.8 Å². The fourth-order valence-electron chi connectivity index (χ4n) is 8.33. The highest BCUT2D eigenvalue weighted by molar-refractivity contribution is 5.54. The van der Waals surface area contributed by atoms with Gasteiger partial charge in [0.15, 0.2) is 0 Å². The molecule has 2 aromatic carbocycles. The summed E-state index contributed by atoms with van der Waals surface area (Å²) in [6, 6.07) is 19.6. The lowest BCUT2D eigenvalue weighted by molar-refractivity contribution is -0.0115. The fourth-order valence-corrected chi connectivity index (χ4v) is 8.33. The Bertz CT molecular complexity index is 1170. The zero-order valence-electron chi connectivity index (χ0n) is 28.8. The number of nitrogens with zero attached hydrogens (tertiary/aromatic N) is 1. The van der Waals surface area contributed by atoms with E-state index in [0.717, 1.165) is 62.8 Å². The Hall–Kier alpha value is -2.00. The number of rotatable bonds is 15. The van der Waals surface area contributed by atoms with Gasteiger partial charge >= 0.3 is 0 Å². The molecule has 2 aromatic rings. The average Bonchev–Trinajstić information content (AvgIpc) is 3.04. The van der Waals surface area contributed by atoms with Crippen molar-refractivity contribution in [2.45, 2.75) is 121 Å². The van der Waals surface area contributed by atoms with E-state index in [1.807, 2.05) is 12.1 Å². The van der Waals surface area contributed by atoms with Crippen LogP contribution >= 0.6 is 0 Å². The van der Waals surface area contributed by atoms with Gasteiger partial charge in [-0.1, -0.05) is 67.8 Å². The molecule has 7 nitrogen and oxygen atoms in total. The first-order valence-corrected chi connectivity index (χ1v) is 18.4. The molecule has 7 N–H and O–H groups in total. The van der Waals surface area contributed by atoms with E-state index in [9.17, 15) is 10.2 Å². The predicted octanol–water partition coefficient (Wildman–Crippen LogP) is 4.96. The number of benzene rings is 2. The summed E-state index contributed by atoms with van der Waals surface area (Å²) in [6.07, 6.45) is 10.2. The van der Waals surface area contributed by atoms with E-state index in [4.69, 9.17) is 5.73 Å². The van der Waals surface area contributed by atoms with Crippen molar-refractivity contribution in [3.8, 4) is 0 Å². The number of nitrogens with one attached hydrogen (secondary N) is 3. The monoisotopic (exact) mass is 633 g/mol. The average molecular weight is 634 g/mol. The van der Waals surface area contributed by atoms with E-state index in [2.05, 4.69) is 84.1 Å². The minimum Gasteiger partial charge on any atom is -0.391 e. The number of aliphatic hydroxyl groups excluding tert-OH is 2. The quantitative estimate of drug-likeness (QED) is 0.165. The van der Waals surface area contributed by atoms with Crippen LogP contribution in [0.5, 0.6) is 0 Å². The third-order valence-electron chi connectivity index (χ3n) is 11.1. The third kappa shape index (κ3) is 10.2. The lowest BCUT2D eigenvalue weighted by atomic mass is 9.72. The number of aliphatic hydroxyl groups is 2. The fraction of sp³-hybridized carbons (Fsp3) is 0.692. The highest BCUT2D eigenvalue weighted by Gasteiger charge is 2.38. The van der Waals surface area contributed by atoms with Crippen LogP contribution in [0.3, 0.4) is 0 Å². The topological polar surface area (TPSA) is 106 Å². The van der Waals surface area contributed by atoms with Crippen molar-refractivity contribution in [1.82, 2.24) is 15.5 Å². The number of anilines is 1. The minimum atomic E-state index is -0.428. The molecule has 1 saturated heterocycles. The summed E-state index contributed by atoms with van der Waals surface area (Å²) in [7, 11) is 0. The molecule has 0 bridgehead atoms. The Morgan fingerprint density at radius 3 is 2.46 bits per heavy atom. The molecule has 0 amide bonds. The van der Waals surface area contributed by atoms with Gasteiger partial charge < -0.3 is 31.9 Å². The van der Waals surface area contributed by atoms with Gasteiger partial charge in [-0.05, 0) is 101 Å². The molecule has 2 fully saturated rings. The zero-order chi connectivity index (χ0) is 32.5. The van der Waals surface area contributed by atoms with E-state index in [1.165, 1.54) is 43.2 Å². The summed E-state index contributed by atoms with van der Waals surface area (Å²) in [4.78, 5) is 2.65. The van der Waals surface area contributed by atoms with Crippen LogP contribution in [0.1, 0.15) is 83.3 Å². The maximum atomic E-state index is 12.0. The Morgan fingerprint density at radius 1 is 0.957 bits per heavy atom. The molecular weight excluding hydrogens is 570 g/mol. The van der Waals surface area contributed by atoms with Crippen molar-refractivity contribution in [3.05, 3.63) is 65.7 Å². The van der Waals surface area contributed by atoms with Gasteiger partial charge in [0, 0.05) is 55.9 Å². The summed E-state index contributed by atoms with van der Waals surface area (Å²) in [5.74, 6) is 1.77. The first kappa shape index (κ1) is 35.3. The van der Waals surface area contributed by atoms with Crippen molar-refractivity contribution >= 4 is 5.69 Å². The molecule has 1 saturated carbocycles. The molecule has 2 aliphatic heterocycles. The van der Waals surface area contributed by atoms with E-state index in [-0.39, 0.29) is 23.5 Å². The van der Waals surface area contributed by atoms with Crippen LogP contribution < -0.4 is 21.7 Å². The van der Waals surface area contributed by atoms with Crippen molar-refractivity contribution in [3.63, 3.8) is 0 Å². The summed E-state index contributed by atoms with van der Waals surface area (Å²) in [5.41, 5.74) is 9.77. The Labute approximate surface area is 279 Å². The van der Waals surface area contributed by atoms with Crippen molar-refractivity contribution < 1.29 is 10.2 Å². The van der Waals surface area contributed by atoms with Crippen molar-refractivity contribution in [1.29, 1.82) is 0 Å². The number of likely N-dealkylation sites (tertiary alicyclic amines) is 1. The maximum Gasteiger partial charge on any atom is 0.0794 e. The van der Waals surface area contributed by atoms with Gasteiger partial charge in [-0.3, -0.25) is 4.90 Å². The SMILES string of the molecule is CC(C)(C)NCC1CC2CCCCC2CN1CC(O)C(CCC(CCN)NCC1Nc2ccccc2CC1O)Cc1ccccc1. The smallest absolute Gasteiger partial charge is 0.0794 e. The lowest BCUT2D eigenvalue weighted by Crippen LogP contribution is -2.56. The van der Waals surface area contributed by atoms with Gasteiger partial charge in [0.25, 0.3) is 0 Å². The molecular formula is C39H63N5O2. The molecule has 7 heteroatoms. The second kappa shape index (κ2) is 16.9. The Morgan fingerprint density at radius 2 is 1.70 bits per heavy atom. The minimum absolute atomic E-state index is 0.0396. The summed E-state index contributed by atoms with van der Waals surface area (Å²) < 4.78 is 0. The Balaban J connectivity index is 1.23. The highest BCUT2D eigenvalue weighted by atomic mass is 16.3. The van der Waals surface area contributed by atoms with Crippen LogP contribution in [-0.2, 0) is 12.8 Å². The van der Waals surface area contributed by atoms with E-state index >= 15 is 0 Å². The van der Waals surface area contributed by atoms with Gasteiger partial charge in [0.2, 0.25) is 0 Å². The van der Waals surface area contributed by atoms with Gasteiger partial charge in [-0.25, -0.2) is 0 Å². The number of nitrogens with two attached hydrogens (primary N) is 1. The zero-order valence-corrected chi connectivity index (χ0v) is 28.8. The normalized spacial score (nSPS) is 27.2. The van der Waals surface area contributed by atoms with E-state index in [0.29, 0.717) is 25.6 Å². The van der Waals surface area contributed by atoms with E-state index < -0.39 is 12.2 Å². The molecule has 2 heterocycles. The first-order chi connectivity index (χ1) is 22.2. The molecule has 1 aliphatic carbocycles.